The molecule has 0 N–H and O–H groups in total. The van der Waals surface area contributed by atoms with Crippen LogP contribution in [0.15, 0.2) is 12.7 Å². The van der Waals surface area contributed by atoms with E-state index in [4.69, 9.17) is 4.74 Å². The minimum absolute atomic E-state index is 0.0417. The Kier molecular flexibility index (Phi) is 2.37. The lowest BCUT2D eigenvalue weighted by Gasteiger charge is -2.26. The van der Waals surface area contributed by atoms with E-state index < -0.39 is 0 Å². The van der Waals surface area contributed by atoms with Crippen molar-refractivity contribution in [2.75, 3.05) is 0 Å². The summed E-state index contributed by atoms with van der Waals surface area (Å²) in [7, 11) is 0. The molecule has 0 bridgehead atoms. The molecule has 0 saturated carbocycles. The average molecular weight is 182 g/mol. The van der Waals surface area contributed by atoms with Gasteiger partial charge in [-0.25, -0.2) is 0 Å². The van der Waals surface area contributed by atoms with E-state index in [-0.39, 0.29) is 22.9 Å². The van der Waals surface area contributed by atoms with Gasteiger partial charge in [-0.05, 0) is 40.2 Å². The van der Waals surface area contributed by atoms with E-state index in [2.05, 4.69) is 6.58 Å². The van der Waals surface area contributed by atoms with Gasteiger partial charge in [-0.1, -0.05) is 6.58 Å². The minimum atomic E-state index is -0.352. The third kappa shape index (κ3) is 1.99. The van der Waals surface area contributed by atoms with Crippen molar-refractivity contribution in [2.45, 2.75) is 45.3 Å². The zero-order valence-electron chi connectivity index (χ0n) is 8.89. The molecule has 13 heavy (non-hydrogen) atoms. The SMILES string of the molecule is C=CC(=O)C1CC(C)(C)OC1(C)C. The van der Waals surface area contributed by atoms with Gasteiger partial charge < -0.3 is 4.74 Å². The van der Waals surface area contributed by atoms with Gasteiger partial charge >= 0.3 is 0 Å². The van der Waals surface area contributed by atoms with Gasteiger partial charge in [0.1, 0.15) is 0 Å². The Balaban J connectivity index is 2.88. The molecule has 1 rings (SSSR count). The summed E-state index contributed by atoms with van der Waals surface area (Å²) in [5.41, 5.74) is -0.540. The molecular weight excluding hydrogens is 164 g/mol. The molecule has 1 fully saturated rings. The second-order valence-corrected chi connectivity index (χ2v) is 4.83. The average Bonchev–Trinajstić information content (AvgIpc) is 2.17. The van der Waals surface area contributed by atoms with Crippen molar-refractivity contribution in [1.29, 1.82) is 0 Å². The first-order valence-corrected chi connectivity index (χ1v) is 4.65. The highest BCUT2D eigenvalue weighted by Gasteiger charge is 2.48. The standard InChI is InChI=1S/C11H18O2/c1-6-9(12)8-7-10(2,3)13-11(8,4)5/h6,8H,1,7H2,2-5H3. The Morgan fingerprint density at radius 3 is 2.31 bits per heavy atom. The quantitative estimate of drug-likeness (QED) is 0.613. The van der Waals surface area contributed by atoms with Crippen LogP contribution in [0.1, 0.15) is 34.1 Å². The second kappa shape index (κ2) is 2.95. The van der Waals surface area contributed by atoms with Crippen molar-refractivity contribution in [3.63, 3.8) is 0 Å². The third-order valence-corrected chi connectivity index (χ3v) is 2.62. The van der Waals surface area contributed by atoms with Crippen LogP contribution in [0.5, 0.6) is 0 Å². The van der Waals surface area contributed by atoms with Crippen LogP contribution in [-0.4, -0.2) is 17.0 Å². The molecule has 1 heterocycles. The highest BCUT2D eigenvalue weighted by molar-refractivity contribution is 5.92. The molecule has 0 aliphatic carbocycles. The summed E-state index contributed by atoms with van der Waals surface area (Å²) in [4.78, 5) is 11.5. The van der Waals surface area contributed by atoms with Crippen LogP contribution in [0.3, 0.4) is 0 Å². The van der Waals surface area contributed by atoms with Crippen molar-refractivity contribution in [2.24, 2.45) is 5.92 Å². The molecule has 0 aromatic heterocycles. The number of ketones is 1. The molecule has 74 valence electrons. The topological polar surface area (TPSA) is 26.3 Å². The number of allylic oxidation sites excluding steroid dienone is 1. The third-order valence-electron chi connectivity index (χ3n) is 2.62. The van der Waals surface area contributed by atoms with Crippen LogP contribution in [0.2, 0.25) is 0 Å². The fraction of sp³-hybridized carbons (Fsp3) is 0.727. The maximum Gasteiger partial charge on any atom is 0.161 e. The zero-order valence-corrected chi connectivity index (χ0v) is 8.89. The molecule has 1 aliphatic heterocycles. The molecule has 0 spiro atoms. The Morgan fingerprint density at radius 1 is 1.46 bits per heavy atom. The molecule has 1 unspecified atom stereocenters. The maximum absolute atomic E-state index is 11.5. The predicted octanol–water partition coefficient (Wildman–Crippen LogP) is 2.34. The summed E-state index contributed by atoms with van der Waals surface area (Å²) in [6.45, 7) is 11.5. The van der Waals surface area contributed by atoms with E-state index in [1.807, 2.05) is 27.7 Å². The number of rotatable bonds is 2. The molecular formula is C11H18O2. The monoisotopic (exact) mass is 182 g/mol. The molecule has 1 atom stereocenters. The molecule has 1 saturated heterocycles. The van der Waals surface area contributed by atoms with Crippen LogP contribution >= 0.6 is 0 Å². The summed E-state index contributed by atoms with van der Waals surface area (Å²) in [5.74, 6) is 0.0515. The van der Waals surface area contributed by atoms with E-state index >= 15 is 0 Å². The molecule has 0 amide bonds. The normalized spacial score (nSPS) is 30.0. The van der Waals surface area contributed by atoms with Gasteiger partial charge in [-0.2, -0.15) is 0 Å². The van der Waals surface area contributed by atoms with Crippen LogP contribution in [0, 0.1) is 5.92 Å². The van der Waals surface area contributed by atoms with E-state index in [1.54, 1.807) is 0 Å². The number of hydrogen-bond acceptors (Lipinski definition) is 2. The van der Waals surface area contributed by atoms with Gasteiger partial charge in [0, 0.05) is 0 Å². The van der Waals surface area contributed by atoms with Gasteiger partial charge in [-0.3, -0.25) is 4.79 Å². The highest BCUT2D eigenvalue weighted by Crippen LogP contribution is 2.42. The summed E-state index contributed by atoms with van der Waals surface area (Å²) < 4.78 is 5.80. The highest BCUT2D eigenvalue weighted by atomic mass is 16.5. The molecule has 1 aliphatic rings. The maximum atomic E-state index is 11.5. The van der Waals surface area contributed by atoms with E-state index in [0.29, 0.717) is 0 Å². The minimum Gasteiger partial charge on any atom is -0.369 e. The van der Waals surface area contributed by atoms with Crippen LogP contribution in [-0.2, 0) is 9.53 Å². The Labute approximate surface area is 80.0 Å². The lowest BCUT2D eigenvalue weighted by Crippen LogP contribution is -2.33. The number of hydrogen-bond donors (Lipinski definition) is 0. The van der Waals surface area contributed by atoms with Crippen LogP contribution < -0.4 is 0 Å². The van der Waals surface area contributed by atoms with Gasteiger partial charge in [0.25, 0.3) is 0 Å². The van der Waals surface area contributed by atoms with Crippen molar-refractivity contribution in [3.8, 4) is 0 Å². The second-order valence-electron chi connectivity index (χ2n) is 4.83. The Bertz CT molecular complexity index is 238. The number of carbonyl (C=O) groups is 1. The van der Waals surface area contributed by atoms with Gasteiger partial charge in [0.15, 0.2) is 5.78 Å². The van der Waals surface area contributed by atoms with Crippen molar-refractivity contribution in [3.05, 3.63) is 12.7 Å². The van der Waals surface area contributed by atoms with Crippen molar-refractivity contribution < 1.29 is 9.53 Å². The number of carbonyl (C=O) groups excluding carboxylic acids is 1. The molecule has 0 aromatic rings. The zero-order chi connectivity index (χ0) is 10.3. The first kappa shape index (κ1) is 10.5. The summed E-state index contributed by atoms with van der Waals surface area (Å²) in [6.07, 6.45) is 2.18. The number of ether oxygens (including phenoxy) is 1. The smallest absolute Gasteiger partial charge is 0.161 e. The first-order valence-electron chi connectivity index (χ1n) is 4.65. The molecule has 2 heteroatoms. The largest absolute Gasteiger partial charge is 0.369 e. The van der Waals surface area contributed by atoms with E-state index in [1.165, 1.54) is 6.08 Å². The molecule has 2 nitrogen and oxygen atoms in total. The lowest BCUT2D eigenvalue weighted by atomic mass is 9.84. The molecule has 0 aromatic carbocycles. The van der Waals surface area contributed by atoms with Crippen LogP contribution in [0.25, 0.3) is 0 Å². The fourth-order valence-electron chi connectivity index (χ4n) is 2.15. The predicted molar refractivity (Wildman–Crippen MR) is 52.6 cm³/mol. The Morgan fingerprint density at radius 2 is 2.00 bits per heavy atom. The van der Waals surface area contributed by atoms with Crippen molar-refractivity contribution >= 4 is 5.78 Å². The fourth-order valence-corrected chi connectivity index (χ4v) is 2.15. The first-order chi connectivity index (χ1) is 5.78. The Hall–Kier alpha value is -0.630. The summed E-state index contributed by atoms with van der Waals surface area (Å²) in [6, 6.07) is 0. The lowest BCUT2D eigenvalue weighted by molar-refractivity contribution is -0.124. The van der Waals surface area contributed by atoms with Crippen molar-refractivity contribution in [1.82, 2.24) is 0 Å². The molecule has 0 radical (unpaired) electrons. The van der Waals surface area contributed by atoms with E-state index in [9.17, 15) is 4.79 Å². The van der Waals surface area contributed by atoms with Gasteiger partial charge in [0.2, 0.25) is 0 Å². The summed E-state index contributed by atoms with van der Waals surface area (Å²) >= 11 is 0. The van der Waals surface area contributed by atoms with Crippen LogP contribution in [0.4, 0.5) is 0 Å². The van der Waals surface area contributed by atoms with Gasteiger partial charge in [0.05, 0.1) is 17.1 Å². The van der Waals surface area contributed by atoms with Gasteiger partial charge in [-0.15, -0.1) is 0 Å². The van der Waals surface area contributed by atoms with E-state index in [0.717, 1.165) is 6.42 Å². The summed E-state index contributed by atoms with van der Waals surface area (Å²) in [5, 5.41) is 0.